The number of hydrogen-bond donors (Lipinski definition) is 4. The Morgan fingerprint density at radius 3 is 2.40 bits per heavy atom. The topological polar surface area (TPSA) is 103 Å². The van der Waals surface area contributed by atoms with Crippen molar-refractivity contribution in [3.05, 3.63) is 63.4 Å². The highest BCUT2D eigenvalue weighted by Crippen LogP contribution is 2.44. The largest absolute Gasteiger partial charge is 0.507 e. The number of aromatic nitrogens is 1. The predicted octanol–water partition coefficient (Wildman–Crippen LogP) is 4.32. The number of para-hydroxylation sites is 1. The SMILES string of the molecule is C=C(C)CC(O)c1c(O)c(CC=C(C)C)c2c(c1O)c(=O)c1cccc(O)c1n2C. The molecule has 0 aliphatic heterocycles. The van der Waals surface area contributed by atoms with Crippen molar-refractivity contribution in [2.75, 3.05) is 0 Å². The summed E-state index contributed by atoms with van der Waals surface area (Å²) in [5.74, 6) is -0.799. The number of phenolic OH excluding ortho intramolecular Hbond substituents is 3. The zero-order valence-electron chi connectivity index (χ0n) is 17.7. The van der Waals surface area contributed by atoms with Crippen molar-refractivity contribution < 1.29 is 20.4 Å². The predicted molar refractivity (Wildman–Crippen MR) is 119 cm³/mol. The molecule has 4 N–H and O–H groups in total. The Bertz CT molecular complexity index is 1260. The number of benzene rings is 2. The van der Waals surface area contributed by atoms with Crippen molar-refractivity contribution in [3.8, 4) is 17.2 Å². The monoisotopic (exact) mass is 409 g/mol. The van der Waals surface area contributed by atoms with Gasteiger partial charge in [0.1, 0.15) is 17.2 Å². The Balaban J connectivity index is 2.58. The first-order chi connectivity index (χ1) is 14.1. The number of aryl methyl sites for hydroxylation is 1. The number of allylic oxidation sites excluding steroid dienone is 2. The summed E-state index contributed by atoms with van der Waals surface area (Å²) in [4.78, 5) is 13.3. The van der Waals surface area contributed by atoms with Crippen LogP contribution in [0.1, 0.15) is 44.4 Å². The Labute approximate surface area is 174 Å². The summed E-state index contributed by atoms with van der Waals surface area (Å²) in [5.41, 5.74) is 2.13. The molecule has 1 heterocycles. The molecule has 3 aromatic rings. The fraction of sp³-hybridized carbons (Fsp3) is 0.292. The van der Waals surface area contributed by atoms with Crippen LogP contribution in [-0.2, 0) is 13.5 Å². The lowest BCUT2D eigenvalue weighted by Crippen LogP contribution is -2.13. The molecule has 1 unspecified atom stereocenters. The summed E-state index contributed by atoms with van der Waals surface area (Å²) in [6.45, 7) is 9.34. The van der Waals surface area contributed by atoms with E-state index < -0.39 is 17.3 Å². The maximum atomic E-state index is 13.3. The van der Waals surface area contributed by atoms with Crippen LogP contribution in [0.5, 0.6) is 17.2 Å². The van der Waals surface area contributed by atoms with Gasteiger partial charge in [0.2, 0.25) is 5.43 Å². The third-order valence-electron chi connectivity index (χ3n) is 5.30. The van der Waals surface area contributed by atoms with Crippen LogP contribution in [0.3, 0.4) is 0 Å². The average Bonchev–Trinajstić information content (AvgIpc) is 2.64. The number of pyridine rings is 1. The molecule has 6 heteroatoms. The molecule has 0 radical (unpaired) electrons. The molecule has 0 saturated carbocycles. The molecule has 0 fully saturated rings. The highest BCUT2D eigenvalue weighted by molar-refractivity contribution is 6.01. The van der Waals surface area contributed by atoms with Crippen LogP contribution in [0.4, 0.5) is 0 Å². The molecule has 0 aliphatic rings. The molecule has 30 heavy (non-hydrogen) atoms. The second kappa shape index (κ2) is 7.88. The second-order valence-electron chi connectivity index (χ2n) is 8.04. The van der Waals surface area contributed by atoms with E-state index in [9.17, 15) is 25.2 Å². The van der Waals surface area contributed by atoms with Crippen molar-refractivity contribution in [2.45, 2.75) is 39.7 Å². The summed E-state index contributed by atoms with van der Waals surface area (Å²) in [5, 5.41) is 43.4. The van der Waals surface area contributed by atoms with Crippen molar-refractivity contribution >= 4 is 21.8 Å². The Morgan fingerprint density at radius 1 is 1.13 bits per heavy atom. The van der Waals surface area contributed by atoms with E-state index in [-0.39, 0.29) is 40.7 Å². The number of fused-ring (bicyclic) bond motifs is 2. The molecule has 2 aromatic carbocycles. The fourth-order valence-corrected chi connectivity index (χ4v) is 3.93. The van der Waals surface area contributed by atoms with Crippen molar-refractivity contribution in [1.82, 2.24) is 4.57 Å². The van der Waals surface area contributed by atoms with E-state index in [1.54, 1.807) is 30.7 Å². The smallest absolute Gasteiger partial charge is 0.201 e. The normalized spacial score (nSPS) is 12.3. The molecule has 3 rings (SSSR count). The second-order valence-corrected chi connectivity index (χ2v) is 8.04. The minimum absolute atomic E-state index is 0.00122. The van der Waals surface area contributed by atoms with Crippen LogP contribution in [0.25, 0.3) is 21.8 Å². The fourth-order valence-electron chi connectivity index (χ4n) is 3.93. The van der Waals surface area contributed by atoms with Gasteiger partial charge in [0.05, 0.1) is 33.5 Å². The van der Waals surface area contributed by atoms with Crippen LogP contribution in [0, 0.1) is 0 Å². The Hall–Kier alpha value is -3.25. The molecule has 158 valence electrons. The third kappa shape index (κ3) is 3.44. The lowest BCUT2D eigenvalue weighted by Gasteiger charge is -2.22. The highest BCUT2D eigenvalue weighted by Gasteiger charge is 2.27. The van der Waals surface area contributed by atoms with Crippen LogP contribution in [0.15, 0.2) is 46.8 Å². The van der Waals surface area contributed by atoms with E-state index in [1.165, 1.54) is 6.07 Å². The van der Waals surface area contributed by atoms with Gasteiger partial charge in [-0.2, -0.15) is 0 Å². The van der Waals surface area contributed by atoms with Crippen LogP contribution < -0.4 is 5.43 Å². The number of aliphatic hydroxyl groups excluding tert-OH is 1. The van der Waals surface area contributed by atoms with E-state index in [4.69, 9.17) is 0 Å². The van der Waals surface area contributed by atoms with E-state index in [0.29, 0.717) is 22.2 Å². The van der Waals surface area contributed by atoms with Gasteiger partial charge in [-0.15, -0.1) is 6.58 Å². The number of hydrogen-bond acceptors (Lipinski definition) is 5. The van der Waals surface area contributed by atoms with Gasteiger partial charge < -0.3 is 25.0 Å². The molecule has 6 nitrogen and oxygen atoms in total. The quantitative estimate of drug-likeness (QED) is 0.371. The van der Waals surface area contributed by atoms with Crippen LogP contribution in [0.2, 0.25) is 0 Å². The molecule has 0 aliphatic carbocycles. The molecule has 1 aromatic heterocycles. The van der Waals surface area contributed by atoms with Gasteiger partial charge in [-0.05, 0) is 45.7 Å². The zero-order chi connectivity index (χ0) is 22.3. The lowest BCUT2D eigenvalue weighted by molar-refractivity contribution is 0.170. The summed E-state index contributed by atoms with van der Waals surface area (Å²) in [6, 6.07) is 4.61. The molecular formula is C24H27NO5. The van der Waals surface area contributed by atoms with Crippen molar-refractivity contribution in [2.24, 2.45) is 7.05 Å². The number of aromatic hydroxyl groups is 3. The van der Waals surface area contributed by atoms with Gasteiger partial charge in [0.25, 0.3) is 0 Å². The number of nitrogens with zero attached hydrogens (tertiary/aromatic N) is 1. The zero-order valence-corrected chi connectivity index (χ0v) is 17.7. The molecule has 1 atom stereocenters. The van der Waals surface area contributed by atoms with E-state index >= 15 is 0 Å². The van der Waals surface area contributed by atoms with E-state index in [2.05, 4.69) is 6.58 Å². The molecular weight excluding hydrogens is 382 g/mol. The summed E-state index contributed by atoms with van der Waals surface area (Å²) >= 11 is 0. The summed E-state index contributed by atoms with van der Waals surface area (Å²) in [6.07, 6.45) is 1.08. The Morgan fingerprint density at radius 2 is 1.80 bits per heavy atom. The van der Waals surface area contributed by atoms with Gasteiger partial charge in [0.15, 0.2) is 0 Å². The first-order valence-corrected chi connectivity index (χ1v) is 9.73. The number of aliphatic hydroxyl groups is 1. The van der Waals surface area contributed by atoms with Crippen molar-refractivity contribution in [3.63, 3.8) is 0 Å². The molecule has 0 spiro atoms. The molecule has 0 saturated heterocycles. The minimum atomic E-state index is -1.22. The van der Waals surface area contributed by atoms with Crippen LogP contribution >= 0.6 is 0 Å². The Kier molecular flexibility index (Phi) is 5.63. The van der Waals surface area contributed by atoms with Crippen molar-refractivity contribution in [1.29, 1.82) is 0 Å². The van der Waals surface area contributed by atoms with Crippen LogP contribution in [-0.4, -0.2) is 25.0 Å². The first-order valence-electron chi connectivity index (χ1n) is 9.73. The standard InChI is InChI=1S/C24H27NO5/c1-12(2)9-10-15-21-19(24(30)18(22(15)28)17(27)11-13(3)4)23(29)14-7-6-8-16(26)20(14)25(21)5/h6-9,17,26-28,30H,3,10-11H2,1-2,4-5H3. The van der Waals surface area contributed by atoms with Gasteiger partial charge in [0, 0.05) is 12.6 Å². The number of phenols is 3. The average molecular weight is 409 g/mol. The van der Waals surface area contributed by atoms with Gasteiger partial charge >= 0.3 is 0 Å². The summed E-state index contributed by atoms with van der Waals surface area (Å²) in [7, 11) is 1.67. The number of rotatable bonds is 5. The van der Waals surface area contributed by atoms with E-state index in [1.807, 2.05) is 19.9 Å². The third-order valence-corrected chi connectivity index (χ3v) is 5.30. The van der Waals surface area contributed by atoms with E-state index in [0.717, 1.165) is 5.57 Å². The maximum Gasteiger partial charge on any atom is 0.201 e. The minimum Gasteiger partial charge on any atom is -0.507 e. The lowest BCUT2D eigenvalue weighted by atomic mass is 9.92. The molecule has 0 amide bonds. The molecule has 0 bridgehead atoms. The summed E-state index contributed by atoms with van der Waals surface area (Å²) < 4.78 is 1.60. The first kappa shape index (κ1) is 21.5. The van der Waals surface area contributed by atoms with Gasteiger partial charge in [-0.25, -0.2) is 0 Å². The van der Waals surface area contributed by atoms with Gasteiger partial charge in [-0.3, -0.25) is 4.79 Å². The highest BCUT2D eigenvalue weighted by atomic mass is 16.3. The maximum absolute atomic E-state index is 13.3. The van der Waals surface area contributed by atoms with Gasteiger partial charge in [-0.1, -0.05) is 23.3 Å².